The van der Waals surface area contributed by atoms with Crippen molar-refractivity contribution in [3.8, 4) is 0 Å². The molecule has 1 saturated heterocycles. The topological polar surface area (TPSA) is 78.5 Å². The molecule has 3 rings (SSSR count). The second kappa shape index (κ2) is 8.04. The molecule has 1 aliphatic carbocycles. The van der Waals surface area contributed by atoms with E-state index in [-0.39, 0.29) is 0 Å². The third kappa shape index (κ3) is 4.33. The van der Waals surface area contributed by atoms with Crippen LogP contribution in [-0.2, 0) is 11.0 Å². The van der Waals surface area contributed by atoms with E-state index in [1.807, 2.05) is 0 Å². The summed E-state index contributed by atoms with van der Waals surface area (Å²) < 4.78 is 80.5. The summed E-state index contributed by atoms with van der Waals surface area (Å²) in [7, 11) is 0. The quantitative estimate of drug-likeness (QED) is 0.415. The van der Waals surface area contributed by atoms with Crippen molar-refractivity contribution in [1.29, 1.82) is 0 Å². The molecule has 0 radical (unpaired) electrons. The number of amides is 4. The van der Waals surface area contributed by atoms with E-state index in [0.717, 1.165) is 25.0 Å². The molecule has 12 heteroatoms. The number of hydrogen-bond donors (Lipinski definition) is 2. The minimum atomic E-state index is -5.43. The van der Waals surface area contributed by atoms with Crippen LogP contribution in [0.25, 0.3) is 0 Å². The van der Waals surface area contributed by atoms with Gasteiger partial charge in [-0.15, -0.1) is 0 Å². The van der Waals surface area contributed by atoms with Crippen molar-refractivity contribution in [3.05, 3.63) is 35.4 Å². The molecule has 2 N–H and O–H groups in total. The number of nitrogens with one attached hydrogen (secondary N) is 2. The fraction of sp³-hybridized carbons (Fsp3) is 0.526. The summed E-state index contributed by atoms with van der Waals surface area (Å²) >= 11 is 0. The Bertz CT molecular complexity index is 877. The monoisotopic (exact) mass is 451 g/mol. The van der Waals surface area contributed by atoms with E-state index in [4.69, 9.17) is 0 Å². The zero-order valence-corrected chi connectivity index (χ0v) is 16.1. The van der Waals surface area contributed by atoms with Crippen LogP contribution in [0.15, 0.2) is 24.3 Å². The Balaban J connectivity index is 1.93. The Morgan fingerprint density at radius 3 is 2.19 bits per heavy atom. The first-order valence-electron chi connectivity index (χ1n) is 9.59. The van der Waals surface area contributed by atoms with Crippen LogP contribution in [0.3, 0.4) is 0 Å². The summed E-state index contributed by atoms with van der Waals surface area (Å²) in [5, 5.41) is 2.97. The standard InChI is InChI=1S/C19H19F6N3O3/c20-18(21,22)12-7-5-6-11(10-12)14(29)26-17(19(23,24)25)15(30)28(16(31)27-17)13-8-3-1-2-4-9-13/h5-7,10,13H,1-4,8-9H2,(H,26,29)(H,27,31). The van der Waals surface area contributed by atoms with E-state index in [1.165, 1.54) is 10.6 Å². The van der Waals surface area contributed by atoms with Crippen LogP contribution < -0.4 is 10.6 Å². The zero-order valence-electron chi connectivity index (χ0n) is 16.1. The molecule has 1 saturated carbocycles. The number of halogens is 6. The number of imide groups is 1. The number of hydrogen-bond acceptors (Lipinski definition) is 3. The molecule has 1 aliphatic heterocycles. The zero-order chi connectivity index (χ0) is 23.0. The lowest BCUT2D eigenvalue weighted by Crippen LogP contribution is -2.69. The molecule has 0 aromatic heterocycles. The van der Waals surface area contributed by atoms with Crippen molar-refractivity contribution < 1.29 is 40.7 Å². The van der Waals surface area contributed by atoms with Gasteiger partial charge in [0.1, 0.15) is 0 Å². The molecule has 1 aromatic carbocycles. The van der Waals surface area contributed by atoms with Crippen LogP contribution in [0.1, 0.15) is 54.4 Å². The van der Waals surface area contributed by atoms with Gasteiger partial charge < -0.3 is 5.32 Å². The van der Waals surface area contributed by atoms with Crippen LogP contribution in [0, 0.1) is 0 Å². The first-order valence-corrected chi connectivity index (χ1v) is 9.59. The first-order chi connectivity index (χ1) is 14.4. The van der Waals surface area contributed by atoms with Gasteiger partial charge in [-0.25, -0.2) is 4.79 Å². The van der Waals surface area contributed by atoms with Gasteiger partial charge in [-0.3, -0.25) is 19.8 Å². The minimum absolute atomic E-state index is 0.328. The van der Waals surface area contributed by atoms with Gasteiger partial charge in [-0.2, -0.15) is 26.3 Å². The van der Waals surface area contributed by atoms with E-state index in [2.05, 4.69) is 0 Å². The van der Waals surface area contributed by atoms with Crippen LogP contribution in [0.5, 0.6) is 0 Å². The largest absolute Gasteiger partial charge is 0.440 e. The maximum atomic E-state index is 13.9. The summed E-state index contributed by atoms with van der Waals surface area (Å²) in [6, 6.07) is 0.670. The van der Waals surface area contributed by atoms with Gasteiger partial charge in [0, 0.05) is 11.6 Å². The maximum Gasteiger partial charge on any atom is 0.440 e. The summed E-state index contributed by atoms with van der Waals surface area (Å²) in [4.78, 5) is 38.1. The van der Waals surface area contributed by atoms with Gasteiger partial charge in [0.2, 0.25) is 0 Å². The number of nitrogens with zero attached hydrogens (tertiary/aromatic N) is 1. The lowest BCUT2D eigenvalue weighted by atomic mass is 10.0. The highest BCUT2D eigenvalue weighted by Gasteiger charge is 2.69. The minimum Gasteiger partial charge on any atom is -0.314 e. The second-order valence-electron chi connectivity index (χ2n) is 7.53. The highest BCUT2D eigenvalue weighted by Crippen LogP contribution is 2.37. The molecule has 2 fully saturated rings. The van der Waals surface area contributed by atoms with Gasteiger partial charge >= 0.3 is 18.4 Å². The summed E-state index contributed by atoms with van der Waals surface area (Å²) in [5.74, 6) is -3.28. The highest BCUT2D eigenvalue weighted by molar-refractivity contribution is 6.10. The predicted molar refractivity (Wildman–Crippen MR) is 94.6 cm³/mol. The van der Waals surface area contributed by atoms with Crippen LogP contribution in [-0.4, -0.2) is 40.6 Å². The van der Waals surface area contributed by atoms with Gasteiger partial charge in [0.05, 0.1) is 5.56 Å². The molecule has 2 aliphatic rings. The van der Waals surface area contributed by atoms with Crippen molar-refractivity contribution in [1.82, 2.24) is 15.5 Å². The van der Waals surface area contributed by atoms with Crippen molar-refractivity contribution in [2.45, 2.75) is 62.6 Å². The predicted octanol–water partition coefficient (Wildman–Crippen LogP) is 3.97. The number of alkyl halides is 6. The summed E-state index contributed by atoms with van der Waals surface area (Å²) in [5.41, 5.74) is -5.75. The third-order valence-corrected chi connectivity index (χ3v) is 5.42. The molecule has 0 spiro atoms. The van der Waals surface area contributed by atoms with Gasteiger partial charge in [-0.05, 0) is 31.0 Å². The Morgan fingerprint density at radius 2 is 1.65 bits per heavy atom. The number of carbonyl (C=O) groups is 3. The Labute approximate surface area is 173 Å². The Hall–Kier alpha value is -2.79. The Kier molecular flexibility index (Phi) is 5.94. The molecule has 170 valence electrons. The molecule has 0 bridgehead atoms. The summed E-state index contributed by atoms with van der Waals surface area (Å²) in [6.45, 7) is 0. The third-order valence-electron chi connectivity index (χ3n) is 5.42. The van der Waals surface area contributed by atoms with E-state index in [0.29, 0.717) is 42.7 Å². The molecule has 31 heavy (non-hydrogen) atoms. The van der Waals surface area contributed by atoms with E-state index >= 15 is 0 Å². The molecule has 1 heterocycles. The molecular formula is C19H19F6N3O3. The summed E-state index contributed by atoms with van der Waals surface area (Å²) in [6.07, 6.45) is -6.73. The fourth-order valence-corrected chi connectivity index (χ4v) is 3.82. The van der Waals surface area contributed by atoms with Gasteiger partial charge in [-0.1, -0.05) is 31.7 Å². The van der Waals surface area contributed by atoms with E-state index in [1.54, 1.807) is 0 Å². The van der Waals surface area contributed by atoms with Crippen molar-refractivity contribution >= 4 is 17.8 Å². The molecule has 1 unspecified atom stereocenters. The van der Waals surface area contributed by atoms with Crippen molar-refractivity contribution in [3.63, 3.8) is 0 Å². The maximum absolute atomic E-state index is 13.9. The van der Waals surface area contributed by atoms with Crippen LogP contribution in [0.4, 0.5) is 31.1 Å². The average molecular weight is 451 g/mol. The number of carbonyl (C=O) groups excluding carboxylic acids is 3. The number of rotatable bonds is 3. The molecular weight excluding hydrogens is 432 g/mol. The molecule has 4 amide bonds. The van der Waals surface area contributed by atoms with Crippen molar-refractivity contribution in [2.75, 3.05) is 0 Å². The smallest absolute Gasteiger partial charge is 0.314 e. The molecule has 1 atom stereocenters. The highest BCUT2D eigenvalue weighted by atomic mass is 19.4. The number of urea groups is 1. The lowest BCUT2D eigenvalue weighted by molar-refractivity contribution is -0.200. The SMILES string of the molecule is O=C(NC1(C(F)(F)F)NC(=O)N(C2CCCCCC2)C1=O)c1cccc(C(F)(F)F)c1. The molecule has 6 nitrogen and oxygen atoms in total. The van der Waals surface area contributed by atoms with Gasteiger partial charge in [0.25, 0.3) is 17.5 Å². The normalized spacial score (nSPS) is 23.5. The van der Waals surface area contributed by atoms with E-state index < -0.39 is 53.0 Å². The fourth-order valence-electron chi connectivity index (χ4n) is 3.82. The van der Waals surface area contributed by atoms with Crippen LogP contribution in [0.2, 0.25) is 0 Å². The molecule has 1 aromatic rings. The second-order valence-corrected chi connectivity index (χ2v) is 7.53. The van der Waals surface area contributed by atoms with E-state index in [9.17, 15) is 40.7 Å². The number of benzene rings is 1. The average Bonchev–Trinajstić information content (AvgIpc) is 2.84. The lowest BCUT2D eigenvalue weighted by Gasteiger charge is -2.31. The first kappa shape index (κ1) is 22.9. The van der Waals surface area contributed by atoms with Gasteiger partial charge in [0.15, 0.2) is 0 Å². The van der Waals surface area contributed by atoms with Crippen LogP contribution >= 0.6 is 0 Å². The Morgan fingerprint density at radius 1 is 1.03 bits per heavy atom. The van der Waals surface area contributed by atoms with Crippen molar-refractivity contribution in [2.24, 2.45) is 0 Å².